The van der Waals surface area contributed by atoms with Crippen LogP contribution in [0.3, 0.4) is 0 Å². The minimum atomic E-state index is -0.556. The van der Waals surface area contributed by atoms with Crippen molar-refractivity contribution in [1.82, 2.24) is 0 Å². The summed E-state index contributed by atoms with van der Waals surface area (Å²) in [7, 11) is 0. The van der Waals surface area contributed by atoms with Gasteiger partial charge in [-0.3, -0.25) is 0 Å². The van der Waals surface area contributed by atoms with E-state index < -0.39 is 11.9 Å². The molecule has 1 aliphatic heterocycles. The van der Waals surface area contributed by atoms with Crippen LogP contribution < -0.4 is 5.73 Å². The first-order chi connectivity index (χ1) is 9.99. The number of thiophene rings is 1. The van der Waals surface area contributed by atoms with Crippen molar-refractivity contribution in [3.8, 4) is 6.07 Å². The standard InChI is InChI=1S/C14H13BrN2O3S/c1-3-19-14(18)11-7(2)20-13(17)9(5-16)12(11)10-4-8(15)6-21-10/h4,6,12H,3,17H2,1-2H3/t12-/m1/s1. The van der Waals surface area contributed by atoms with E-state index in [1.165, 1.54) is 11.3 Å². The second kappa shape index (κ2) is 6.33. The van der Waals surface area contributed by atoms with Crippen LogP contribution in [0, 0.1) is 11.3 Å². The van der Waals surface area contributed by atoms with Gasteiger partial charge in [-0.1, -0.05) is 0 Å². The van der Waals surface area contributed by atoms with Crippen LogP contribution in [0.25, 0.3) is 0 Å². The Bertz CT molecular complexity index is 685. The minimum absolute atomic E-state index is 0.0255. The van der Waals surface area contributed by atoms with Crippen molar-refractivity contribution in [2.45, 2.75) is 19.8 Å². The van der Waals surface area contributed by atoms with Crippen molar-refractivity contribution in [3.05, 3.63) is 43.6 Å². The van der Waals surface area contributed by atoms with Crippen LogP contribution in [0.1, 0.15) is 24.6 Å². The van der Waals surface area contributed by atoms with E-state index in [4.69, 9.17) is 15.2 Å². The molecule has 0 unspecified atom stereocenters. The molecule has 2 heterocycles. The lowest BCUT2D eigenvalue weighted by Gasteiger charge is -2.25. The van der Waals surface area contributed by atoms with Crippen molar-refractivity contribution in [2.75, 3.05) is 6.61 Å². The average molecular weight is 369 g/mol. The molecule has 7 heteroatoms. The van der Waals surface area contributed by atoms with Gasteiger partial charge in [-0.2, -0.15) is 5.26 Å². The fourth-order valence-corrected chi connectivity index (χ4v) is 3.68. The fraction of sp³-hybridized carbons (Fsp3) is 0.286. The third kappa shape index (κ3) is 2.96. The van der Waals surface area contributed by atoms with E-state index in [0.29, 0.717) is 11.3 Å². The number of esters is 1. The average Bonchev–Trinajstić information content (AvgIpc) is 2.84. The summed E-state index contributed by atoms with van der Waals surface area (Å²) in [4.78, 5) is 13.1. The van der Waals surface area contributed by atoms with E-state index in [9.17, 15) is 10.1 Å². The Labute approximate surface area is 134 Å². The van der Waals surface area contributed by atoms with Gasteiger partial charge < -0.3 is 15.2 Å². The van der Waals surface area contributed by atoms with E-state index in [-0.39, 0.29) is 18.1 Å². The zero-order valence-corrected chi connectivity index (χ0v) is 13.9. The van der Waals surface area contributed by atoms with Gasteiger partial charge in [-0.05, 0) is 35.8 Å². The topological polar surface area (TPSA) is 85.3 Å². The van der Waals surface area contributed by atoms with Crippen molar-refractivity contribution in [3.63, 3.8) is 0 Å². The van der Waals surface area contributed by atoms with Gasteiger partial charge >= 0.3 is 5.97 Å². The first-order valence-corrected chi connectivity index (χ1v) is 7.86. The molecule has 0 saturated carbocycles. The number of nitrogens with two attached hydrogens (primary N) is 1. The summed E-state index contributed by atoms with van der Waals surface area (Å²) in [6.45, 7) is 3.62. The van der Waals surface area contributed by atoms with Crippen LogP contribution in [0.5, 0.6) is 0 Å². The van der Waals surface area contributed by atoms with Crippen molar-refractivity contribution < 1.29 is 14.3 Å². The first kappa shape index (κ1) is 15.6. The largest absolute Gasteiger partial charge is 0.463 e. The van der Waals surface area contributed by atoms with Crippen molar-refractivity contribution in [2.24, 2.45) is 5.73 Å². The van der Waals surface area contributed by atoms with Gasteiger partial charge in [-0.15, -0.1) is 11.3 Å². The van der Waals surface area contributed by atoms with Gasteiger partial charge in [0.05, 0.1) is 18.1 Å². The Morgan fingerprint density at radius 3 is 2.90 bits per heavy atom. The number of rotatable bonds is 3. The quantitative estimate of drug-likeness (QED) is 0.828. The fourth-order valence-electron chi connectivity index (χ4n) is 2.12. The Kier molecular flexibility index (Phi) is 4.70. The number of hydrogen-bond donors (Lipinski definition) is 1. The smallest absolute Gasteiger partial charge is 0.338 e. The molecule has 1 aliphatic rings. The molecule has 1 aromatic heterocycles. The molecule has 2 N–H and O–H groups in total. The number of allylic oxidation sites excluding steroid dienone is 2. The number of nitriles is 1. The van der Waals surface area contributed by atoms with E-state index in [1.54, 1.807) is 13.8 Å². The molecule has 0 fully saturated rings. The third-order valence-electron chi connectivity index (χ3n) is 2.97. The van der Waals surface area contributed by atoms with Gasteiger partial charge in [-0.25, -0.2) is 4.79 Å². The third-order valence-corrected chi connectivity index (χ3v) is 4.73. The van der Waals surface area contributed by atoms with Crippen LogP contribution >= 0.6 is 27.3 Å². The van der Waals surface area contributed by atoms with E-state index in [2.05, 4.69) is 15.9 Å². The molecule has 0 aromatic carbocycles. The molecule has 2 rings (SSSR count). The molecule has 1 atom stereocenters. The summed E-state index contributed by atoms with van der Waals surface area (Å²) in [5.74, 6) is -0.666. The molecule has 5 nitrogen and oxygen atoms in total. The monoisotopic (exact) mass is 368 g/mol. The summed E-state index contributed by atoms with van der Waals surface area (Å²) < 4.78 is 11.3. The number of ether oxygens (including phenoxy) is 2. The van der Waals surface area contributed by atoms with Crippen LogP contribution in [0.2, 0.25) is 0 Å². The van der Waals surface area contributed by atoms with Gasteiger partial charge in [0.25, 0.3) is 0 Å². The van der Waals surface area contributed by atoms with Gasteiger partial charge in [0.15, 0.2) is 0 Å². The Morgan fingerprint density at radius 1 is 1.67 bits per heavy atom. The second-order valence-corrected chi connectivity index (χ2v) is 6.14. The lowest BCUT2D eigenvalue weighted by Crippen LogP contribution is -2.25. The normalized spacial score (nSPS) is 18.3. The van der Waals surface area contributed by atoms with Crippen molar-refractivity contribution in [1.29, 1.82) is 5.26 Å². The zero-order chi connectivity index (χ0) is 15.6. The Hall–Kier alpha value is -1.78. The Morgan fingerprint density at radius 2 is 2.38 bits per heavy atom. The number of carbonyl (C=O) groups is 1. The highest BCUT2D eigenvalue weighted by molar-refractivity contribution is 9.10. The summed E-state index contributed by atoms with van der Waals surface area (Å²) in [6.07, 6.45) is 0. The molecule has 0 spiro atoms. The number of nitrogens with zero attached hydrogens (tertiary/aromatic N) is 1. The molecule has 1 aromatic rings. The van der Waals surface area contributed by atoms with Crippen LogP contribution in [0.15, 0.2) is 38.7 Å². The van der Waals surface area contributed by atoms with E-state index in [1.807, 2.05) is 17.5 Å². The maximum absolute atomic E-state index is 12.2. The van der Waals surface area contributed by atoms with Crippen LogP contribution in [0.4, 0.5) is 0 Å². The summed E-state index contributed by atoms with van der Waals surface area (Å²) in [5, 5.41) is 11.2. The maximum atomic E-state index is 12.2. The van der Waals surface area contributed by atoms with Gasteiger partial charge in [0.1, 0.15) is 17.4 Å². The molecule has 110 valence electrons. The molecule has 0 saturated heterocycles. The first-order valence-electron chi connectivity index (χ1n) is 6.19. The molecule has 0 aliphatic carbocycles. The molecule has 21 heavy (non-hydrogen) atoms. The molecular weight excluding hydrogens is 356 g/mol. The zero-order valence-electron chi connectivity index (χ0n) is 11.5. The molecule has 0 radical (unpaired) electrons. The predicted molar refractivity (Wildman–Crippen MR) is 82.0 cm³/mol. The maximum Gasteiger partial charge on any atom is 0.338 e. The highest BCUT2D eigenvalue weighted by Crippen LogP contribution is 2.42. The van der Waals surface area contributed by atoms with Crippen LogP contribution in [-0.4, -0.2) is 12.6 Å². The van der Waals surface area contributed by atoms with E-state index in [0.717, 1.165) is 9.35 Å². The molecule has 0 amide bonds. The summed E-state index contributed by atoms with van der Waals surface area (Å²) in [6, 6.07) is 3.90. The summed E-state index contributed by atoms with van der Waals surface area (Å²) in [5.41, 5.74) is 6.33. The predicted octanol–water partition coefficient (Wildman–Crippen LogP) is 3.16. The number of hydrogen-bond acceptors (Lipinski definition) is 6. The molecular formula is C14H13BrN2O3S. The highest BCUT2D eigenvalue weighted by Gasteiger charge is 2.37. The SMILES string of the molecule is CCOC(=O)C1=C(C)OC(N)=C(C#N)[C@@H]1c1cc(Br)cs1. The molecule has 0 bridgehead atoms. The second-order valence-electron chi connectivity index (χ2n) is 4.28. The lowest BCUT2D eigenvalue weighted by atomic mass is 9.87. The van der Waals surface area contributed by atoms with Gasteiger partial charge in [0, 0.05) is 14.7 Å². The Balaban J connectivity index is 2.57. The summed E-state index contributed by atoms with van der Waals surface area (Å²) >= 11 is 4.81. The highest BCUT2D eigenvalue weighted by atomic mass is 79.9. The van der Waals surface area contributed by atoms with Gasteiger partial charge in [0.2, 0.25) is 5.88 Å². The number of halogens is 1. The minimum Gasteiger partial charge on any atom is -0.463 e. The van der Waals surface area contributed by atoms with E-state index >= 15 is 0 Å². The lowest BCUT2D eigenvalue weighted by molar-refractivity contribution is -0.139. The number of carbonyl (C=O) groups excluding carboxylic acids is 1. The van der Waals surface area contributed by atoms with Crippen LogP contribution in [-0.2, 0) is 14.3 Å². The van der Waals surface area contributed by atoms with Crippen molar-refractivity contribution >= 4 is 33.2 Å².